The third-order valence-electron chi connectivity index (χ3n) is 1.86. The van der Waals surface area contributed by atoms with Crippen LogP contribution < -0.4 is 0 Å². The number of aromatic amines is 1. The lowest BCUT2D eigenvalue weighted by Gasteiger charge is -2.07. The van der Waals surface area contributed by atoms with E-state index >= 15 is 0 Å². The number of rotatable bonds is 5. The van der Waals surface area contributed by atoms with Crippen LogP contribution in [0.5, 0.6) is 0 Å². The van der Waals surface area contributed by atoms with E-state index in [0.717, 1.165) is 19.0 Å². The number of hydrogen-bond acceptors (Lipinski definition) is 3. The molecule has 1 aromatic rings. The average Bonchev–Trinajstić information content (AvgIpc) is 2.42. The standard InChI is InChI=1S/C9H17N3OS/c1-7(2)6-13-5-4-12-8(3)10-11-9(12)14/h7H,4-6H2,1-3H3,(H,11,14). The molecule has 0 bridgehead atoms. The van der Waals surface area contributed by atoms with E-state index in [0.29, 0.717) is 17.3 Å². The quantitative estimate of drug-likeness (QED) is 0.603. The van der Waals surface area contributed by atoms with Crippen molar-refractivity contribution in [1.82, 2.24) is 14.8 Å². The molecule has 1 heterocycles. The van der Waals surface area contributed by atoms with Crippen LogP contribution in [0, 0.1) is 17.6 Å². The van der Waals surface area contributed by atoms with Gasteiger partial charge in [0.2, 0.25) is 0 Å². The van der Waals surface area contributed by atoms with Crippen molar-refractivity contribution in [1.29, 1.82) is 0 Å². The Morgan fingerprint density at radius 3 is 2.79 bits per heavy atom. The summed E-state index contributed by atoms with van der Waals surface area (Å²) in [4.78, 5) is 0. The van der Waals surface area contributed by atoms with Gasteiger partial charge in [0.1, 0.15) is 5.82 Å². The molecule has 0 saturated heterocycles. The van der Waals surface area contributed by atoms with Crippen molar-refractivity contribution in [2.75, 3.05) is 13.2 Å². The van der Waals surface area contributed by atoms with Crippen LogP contribution in [0.4, 0.5) is 0 Å². The molecule has 0 amide bonds. The van der Waals surface area contributed by atoms with Gasteiger partial charge in [-0.1, -0.05) is 13.8 Å². The zero-order valence-electron chi connectivity index (χ0n) is 8.91. The molecule has 80 valence electrons. The Kier molecular flexibility index (Phi) is 4.28. The zero-order valence-corrected chi connectivity index (χ0v) is 9.73. The minimum Gasteiger partial charge on any atom is -0.379 e. The number of aryl methyl sites for hydroxylation is 1. The zero-order chi connectivity index (χ0) is 10.6. The highest BCUT2D eigenvalue weighted by Crippen LogP contribution is 1.97. The normalized spacial score (nSPS) is 11.1. The highest BCUT2D eigenvalue weighted by atomic mass is 32.1. The van der Waals surface area contributed by atoms with Gasteiger partial charge in [0.05, 0.1) is 6.61 Å². The molecule has 1 rings (SSSR count). The van der Waals surface area contributed by atoms with Gasteiger partial charge in [0.15, 0.2) is 4.77 Å². The van der Waals surface area contributed by atoms with E-state index in [-0.39, 0.29) is 0 Å². The monoisotopic (exact) mass is 215 g/mol. The van der Waals surface area contributed by atoms with Crippen molar-refractivity contribution in [2.45, 2.75) is 27.3 Å². The molecule has 5 heteroatoms. The van der Waals surface area contributed by atoms with Crippen LogP contribution in [0.25, 0.3) is 0 Å². The molecule has 0 spiro atoms. The summed E-state index contributed by atoms with van der Waals surface area (Å²) in [5.74, 6) is 1.48. The number of aromatic nitrogens is 3. The predicted molar refractivity (Wildman–Crippen MR) is 57.8 cm³/mol. The lowest BCUT2D eigenvalue weighted by molar-refractivity contribution is 0.102. The summed E-state index contributed by atoms with van der Waals surface area (Å²) in [5, 5.41) is 6.77. The minimum absolute atomic E-state index is 0.577. The molecule has 0 radical (unpaired) electrons. The van der Waals surface area contributed by atoms with Crippen LogP contribution in [-0.2, 0) is 11.3 Å². The topological polar surface area (TPSA) is 42.8 Å². The summed E-state index contributed by atoms with van der Waals surface area (Å²) in [6.07, 6.45) is 0. The maximum Gasteiger partial charge on any atom is 0.195 e. The fourth-order valence-electron chi connectivity index (χ4n) is 1.13. The SMILES string of the molecule is Cc1n[nH]c(=S)n1CCOCC(C)C. The first-order valence-electron chi connectivity index (χ1n) is 4.81. The van der Waals surface area contributed by atoms with Crippen molar-refractivity contribution in [3.05, 3.63) is 10.6 Å². The van der Waals surface area contributed by atoms with Crippen molar-refractivity contribution in [3.8, 4) is 0 Å². The van der Waals surface area contributed by atoms with Gasteiger partial charge in [-0.2, -0.15) is 5.10 Å². The second kappa shape index (κ2) is 5.26. The van der Waals surface area contributed by atoms with Crippen LogP contribution in [0.1, 0.15) is 19.7 Å². The maximum atomic E-state index is 5.47. The molecule has 1 aromatic heterocycles. The van der Waals surface area contributed by atoms with Crippen LogP contribution in [0.3, 0.4) is 0 Å². The first-order chi connectivity index (χ1) is 6.61. The Morgan fingerprint density at radius 2 is 2.29 bits per heavy atom. The second-order valence-electron chi connectivity index (χ2n) is 3.70. The molecule has 0 fully saturated rings. The minimum atomic E-state index is 0.577. The average molecular weight is 215 g/mol. The molecule has 0 atom stereocenters. The van der Waals surface area contributed by atoms with E-state index < -0.39 is 0 Å². The maximum absolute atomic E-state index is 5.47. The molecular weight excluding hydrogens is 198 g/mol. The smallest absolute Gasteiger partial charge is 0.195 e. The van der Waals surface area contributed by atoms with E-state index in [1.807, 2.05) is 11.5 Å². The summed E-state index contributed by atoms with van der Waals surface area (Å²) >= 11 is 5.06. The molecular formula is C9H17N3OS. The Hall–Kier alpha value is -0.680. The summed E-state index contributed by atoms with van der Waals surface area (Å²) in [5.41, 5.74) is 0. The van der Waals surface area contributed by atoms with Crippen LogP contribution >= 0.6 is 12.2 Å². The molecule has 1 N–H and O–H groups in total. The van der Waals surface area contributed by atoms with Gasteiger partial charge in [-0.15, -0.1) is 0 Å². The molecule has 0 unspecified atom stereocenters. The van der Waals surface area contributed by atoms with Crippen LogP contribution in [0.15, 0.2) is 0 Å². The number of hydrogen-bond donors (Lipinski definition) is 1. The fourth-order valence-corrected chi connectivity index (χ4v) is 1.40. The molecule has 0 aliphatic heterocycles. The van der Waals surface area contributed by atoms with E-state index in [2.05, 4.69) is 24.0 Å². The van der Waals surface area contributed by atoms with Crippen LogP contribution in [-0.4, -0.2) is 28.0 Å². The van der Waals surface area contributed by atoms with E-state index in [9.17, 15) is 0 Å². The lowest BCUT2D eigenvalue weighted by Crippen LogP contribution is -2.10. The van der Waals surface area contributed by atoms with E-state index in [1.54, 1.807) is 0 Å². The van der Waals surface area contributed by atoms with Gasteiger partial charge in [0.25, 0.3) is 0 Å². The van der Waals surface area contributed by atoms with Crippen molar-refractivity contribution < 1.29 is 4.74 Å². The summed E-state index contributed by atoms with van der Waals surface area (Å²) < 4.78 is 8.07. The van der Waals surface area contributed by atoms with Crippen molar-refractivity contribution in [2.24, 2.45) is 5.92 Å². The number of ether oxygens (including phenoxy) is 1. The fraction of sp³-hybridized carbons (Fsp3) is 0.778. The molecule has 0 aliphatic carbocycles. The van der Waals surface area contributed by atoms with Gasteiger partial charge in [-0.25, -0.2) is 0 Å². The highest BCUT2D eigenvalue weighted by molar-refractivity contribution is 7.71. The summed E-state index contributed by atoms with van der Waals surface area (Å²) in [7, 11) is 0. The summed E-state index contributed by atoms with van der Waals surface area (Å²) in [6.45, 7) is 8.45. The predicted octanol–water partition coefficient (Wildman–Crippen LogP) is 1.92. The van der Waals surface area contributed by atoms with Gasteiger partial charge >= 0.3 is 0 Å². The Bertz CT molecular complexity index is 329. The van der Waals surface area contributed by atoms with Crippen molar-refractivity contribution >= 4 is 12.2 Å². The third-order valence-corrected chi connectivity index (χ3v) is 2.17. The largest absolute Gasteiger partial charge is 0.379 e. The Balaban J connectivity index is 2.35. The molecule has 4 nitrogen and oxygen atoms in total. The van der Waals surface area contributed by atoms with Crippen molar-refractivity contribution in [3.63, 3.8) is 0 Å². The molecule has 14 heavy (non-hydrogen) atoms. The third kappa shape index (κ3) is 3.23. The van der Waals surface area contributed by atoms with Gasteiger partial charge in [-0.3, -0.25) is 5.10 Å². The lowest BCUT2D eigenvalue weighted by atomic mass is 10.2. The molecule has 0 aliphatic rings. The molecule has 0 saturated carbocycles. The number of nitrogens with zero attached hydrogens (tertiary/aromatic N) is 2. The van der Waals surface area contributed by atoms with Crippen LogP contribution in [0.2, 0.25) is 0 Å². The second-order valence-corrected chi connectivity index (χ2v) is 4.08. The Morgan fingerprint density at radius 1 is 1.57 bits per heavy atom. The Labute approximate surface area is 89.3 Å². The number of H-pyrrole nitrogens is 1. The first-order valence-corrected chi connectivity index (χ1v) is 5.21. The van der Waals surface area contributed by atoms with Gasteiger partial charge in [-0.05, 0) is 25.1 Å². The van der Waals surface area contributed by atoms with Gasteiger partial charge in [0, 0.05) is 13.2 Å². The highest BCUT2D eigenvalue weighted by Gasteiger charge is 2.00. The first kappa shape index (κ1) is 11.4. The summed E-state index contributed by atoms with van der Waals surface area (Å²) in [6, 6.07) is 0. The number of nitrogens with one attached hydrogen (secondary N) is 1. The van der Waals surface area contributed by atoms with Gasteiger partial charge < -0.3 is 9.30 Å². The van der Waals surface area contributed by atoms with E-state index in [4.69, 9.17) is 17.0 Å². The molecule has 0 aromatic carbocycles. The van der Waals surface area contributed by atoms with E-state index in [1.165, 1.54) is 0 Å².